The lowest BCUT2D eigenvalue weighted by molar-refractivity contribution is 0.321. The number of halogens is 1. The highest BCUT2D eigenvalue weighted by Gasteiger charge is 2.10. The van der Waals surface area contributed by atoms with Gasteiger partial charge in [-0.25, -0.2) is 4.39 Å². The minimum Gasteiger partial charge on any atom is -0.491 e. The van der Waals surface area contributed by atoms with Crippen molar-refractivity contribution in [2.24, 2.45) is 7.05 Å². The molecular formula is C12H14FN3OS. The molecule has 2 aromatic rings. The normalized spacial score (nSPS) is 10.6. The summed E-state index contributed by atoms with van der Waals surface area (Å²) in [5.41, 5.74) is 6.19. The molecule has 1 aromatic carbocycles. The van der Waals surface area contributed by atoms with Gasteiger partial charge in [0.2, 0.25) is 0 Å². The summed E-state index contributed by atoms with van der Waals surface area (Å²) in [5.74, 6) is -0.219. The van der Waals surface area contributed by atoms with Gasteiger partial charge in [-0.3, -0.25) is 4.68 Å². The van der Waals surface area contributed by atoms with Crippen LogP contribution in [0.25, 0.3) is 0 Å². The first-order valence-electron chi connectivity index (χ1n) is 5.48. The number of aromatic nitrogens is 2. The third kappa shape index (κ3) is 2.76. The summed E-state index contributed by atoms with van der Waals surface area (Å²) >= 11 is 1.43. The molecule has 0 spiro atoms. The molecule has 0 radical (unpaired) electrons. The second-order valence-electron chi connectivity index (χ2n) is 3.71. The molecule has 0 fully saturated rings. The molecule has 1 aromatic heterocycles. The van der Waals surface area contributed by atoms with E-state index < -0.39 is 5.82 Å². The second kappa shape index (κ2) is 5.30. The van der Waals surface area contributed by atoms with Crippen molar-refractivity contribution in [1.82, 2.24) is 9.78 Å². The summed E-state index contributed by atoms with van der Waals surface area (Å²) in [6.45, 7) is 2.22. The number of aryl methyl sites for hydroxylation is 1. The molecule has 18 heavy (non-hydrogen) atoms. The first-order chi connectivity index (χ1) is 8.60. The van der Waals surface area contributed by atoms with Crippen molar-refractivity contribution in [2.75, 3.05) is 12.3 Å². The zero-order chi connectivity index (χ0) is 13.1. The quantitative estimate of drug-likeness (QED) is 0.865. The lowest BCUT2D eigenvalue weighted by atomic mass is 10.3. The smallest absolute Gasteiger partial charge is 0.167 e. The van der Waals surface area contributed by atoms with Gasteiger partial charge < -0.3 is 10.5 Å². The van der Waals surface area contributed by atoms with Crippen molar-refractivity contribution < 1.29 is 9.13 Å². The van der Waals surface area contributed by atoms with Gasteiger partial charge in [0.15, 0.2) is 11.6 Å². The minimum atomic E-state index is -0.440. The van der Waals surface area contributed by atoms with Crippen molar-refractivity contribution >= 4 is 17.4 Å². The van der Waals surface area contributed by atoms with Gasteiger partial charge in [-0.1, -0.05) is 11.8 Å². The first-order valence-corrected chi connectivity index (χ1v) is 6.30. The largest absolute Gasteiger partial charge is 0.491 e. The van der Waals surface area contributed by atoms with Gasteiger partial charge in [-0.2, -0.15) is 5.10 Å². The fourth-order valence-electron chi connectivity index (χ4n) is 1.48. The van der Waals surface area contributed by atoms with E-state index in [0.717, 1.165) is 9.79 Å². The van der Waals surface area contributed by atoms with E-state index in [4.69, 9.17) is 10.5 Å². The lowest BCUT2D eigenvalue weighted by Gasteiger charge is -2.09. The van der Waals surface area contributed by atoms with Crippen LogP contribution in [0.15, 0.2) is 34.3 Å². The van der Waals surface area contributed by atoms with Crippen LogP contribution in [0.4, 0.5) is 10.1 Å². The van der Waals surface area contributed by atoms with E-state index in [1.54, 1.807) is 16.9 Å². The van der Waals surface area contributed by atoms with Crippen LogP contribution < -0.4 is 10.5 Å². The van der Waals surface area contributed by atoms with E-state index in [9.17, 15) is 4.39 Å². The third-order valence-electron chi connectivity index (χ3n) is 2.27. The van der Waals surface area contributed by atoms with E-state index in [-0.39, 0.29) is 5.75 Å². The molecule has 2 rings (SSSR count). The van der Waals surface area contributed by atoms with Crippen LogP contribution in [0.1, 0.15) is 6.92 Å². The van der Waals surface area contributed by atoms with Crippen molar-refractivity contribution in [3.05, 3.63) is 30.3 Å². The number of rotatable bonds is 4. The summed E-state index contributed by atoms with van der Waals surface area (Å²) in [6.07, 6.45) is 3.60. The molecule has 0 aliphatic rings. The predicted octanol–water partition coefficient (Wildman–Crippen LogP) is 2.69. The molecular weight excluding hydrogens is 253 g/mol. The number of hydrogen-bond acceptors (Lipinski definition) is 4. The summed E-state index contributed by atoms with van der Waals surface area (Å²) in [5, 5.41) is 4.07. The van der Waals surface area contributed by atoms with E-state index in [2.05, 4.69) is 5.10 Å². The zero-order valence-corrected chi connectivity index (χ0v) is 11.0. The van der Waals surface area contributed by atoms with E-state index in [0.29, 0.717) is 12.3 Å². The maximum atomic E-state index is 13.5. The number of nitrogens with two attached hydrogens (primary N) is 1. The maximum Gasteiger partial charge on any atom is 0.167 e. The number of ether oxygens (including phenoxy) is 1. The van der Waals surface area contributed by atoms with Crippen molar-refractivity contribution in [3.8, 4) is 5.75 Å². The standard InChI is InChI=1S/C12H14FN3OS/c1-3-17-11-5-12(10(14)4-9(11)13)18-8-6-15-16(2)7-8/h4-7H,3,14H2,1-2H3. The lowest BCUT2D eigenvalue weighted by Crippen LogP contribution is -1.97. The van der Waals surface area contributed by atoms with Crippen molar-refractivity contribution in [1.29, 1.82) is 0 Å². The molecule has 0 unspecified atom stereocenters. The van der Waals surface area contributed by atoms with Gasteiger partial charge in [0.05, 0.1) is 17.7 Å². The number of nitrogen functional groups attached to an aromatic ring is 1. The molecule has 96 valence electrons. The van der Waals surface area contributed by atoms with Gasteiger partial charge in [-0.05, 0) is 13.0 Å². The van der Waals surface area contributed by atoms with Gasteiger partial charge in [-0.15, -0.1) is 0 Å². The van der Waals surface area contributed by atoms with Crippen LogP contribution in [-0.4, -0.2) is 16.4 Å². The van der Waals surface area contributed by atoms with E-state index >= 15 is 0 Å². The fraction of sp³-hybridized carbons (Fsp3) is 0.250. The zero-order valence-electron chi connectivity index (χ0n) is 10.2. The topological polar surface area (TPSA) is 53.1 Å². The highest BCUT2D eigenvalue weighted by molar-refractivity contribution is 7.99. The van der Waals surface area contributed by atoms with Gasteiger partial charge in [0.1, 0.15) is 0 Å². The third-order valence-corrected chi connectivity index (χ3v) is 3.29. The molecule has 6 heteroatoms. The number of hydrogen-bond donors (Lipinski definition) is 1. The Morgan fingerprint density at radius 2 is 2.28 bits per heavy atom. The van der Waals surface area contributed by atoms with E-state index in [1.165, 1.54) is 17.8 Å². The average molecular weight is 267 g/mol. The highest BCUT2D eigenvalue weighted by atomic mass is 32.2. The molecule has 0 aliphatic heterocycles. The number of anilines is 1. The summed E-state index contributed by atoms with van der Waals surface area (Å²) in [6, 6.07) is 2.90. The van der Waals surface area contributed by atoms with E-state index in [1.807, 2.05) is 20.2 Å². The summed E-state index contributed by atoms with van der Waals surface area (Å²) in [4.78, 5) is 1.70. The molecule has 0 atom stereocenters. The molecule has 1 heterocycles. The molecule has 0 saturated carbocycles. The molecule has 0 amide bonds. The van der Waals surface area contributed by atoms with Gasteiger partial charge >= 0.3 is 0 Å². The van der Waals surface area contributed by atoms with Crippen LogP contribution in [-0.2, 0) is 7.05 Å². The van der Waals surface area contributed by atoms with Crippen LogP contribution in [0.3, 0.4) is 0 Å². The first kappa shape index (κ1) is 12.8. The van der Waals surface area contributed by atoms with Crippen LogP contribution in [0.5, 0.6) is 5.75 Å². The molecule has 4 nitrogen and oxygen atoms in total. The average Bonchev–Trinajstić information content (AvgIpc) is 2.71. The second-order valence-corrected chi connectivity index (χ2v) is 4.82. The van der Waals surface area contributed by atoms with Gasteiger partial charge in [0.25, 0.3) is 0 Å². The van der Waals surface area contributed by atoms with Crippen molar-refractivity contribution in [3.63, 3.8) is 0 Å². The Balaban J connectivity index is 2.29. The maximum absolute atomic E-state index is 13.5. The van der Waals surface area contributed by atoms with Crippen LogP contribution >= 0.6 is 11.8 Å². The molecule has 0 saturated heterocycles. The Morgan fingerprint density at radius 3 is 2.89 bits per heavy atom. The molecule has 0 bridgehead atoms. The monoisotopic (exact) mass is 267 g/mol. The Morgan fingerprint density at radius 1 is 1.50 bits per heavy atom. The Kier molecular flexibility index (Phi) is 3.76. The summed E-state index contributed by atoms with van der Waals surface area (Å²) < 4.78 is 20.4. The highest BCUT2D eigenvalue weighted by Crippen LogP contribution is 2.35. The van der Waals surface area contributed by atoms with Gasteiger partial charge in [0, 0.05) is 29.9 Å². The SMILES string of the molecule is CCOc1cc(Sc2cnn(C)c2)c(N)cc1F. The Labute approximate surface area is 109 Å². The number of benzene rings is 1. The predicted molar refractivity (Wildman–Crippen MR) is 69.3 cm³/mol. The summed E-state index contributed by atoms with van der Waals surface area (Å²) in [7, 11) is 1.84. The van der Waals surface area contributed by atoms with Crippen LogP contribution in [0, 0.1) is 5.82 Å². The van der Waals surface area contributed by atoms with Crippen LogP contribution in [0.2, 0.25) is 0 Å². The molecule has 2 N–H and O–H groups in total. The van der Waals surface area contributed by atoms with Crippen molar-refractivity contribution in [2.45, 2.75) is 16.7 Å². The fourth-order valence-corrected chi connectivity index (χ4v) is 2.38. The molecule has 0 aliphatic carbocycles. The number of nitrogens with zero attached hydrogens (tertiary/aromatic N) is 2. The Bertz CT molecular complexity index is 556. The Hall–Kier alpha value is -1.69. The minimum absolute atomic E-state index is 0.220.